The molecule has 1 aliphatic heterocycles. The van der Waals surface area contributed by atoms with Gasteiger partial charge in [-0.1, -0.05) is 15.9 Å². The first-order valence-corrected chi connectivity index (χ1v) is 7.96. The molecular weight excluding hydrogens is 314 g/mol. The summed E-state index contributed by atoms with van der Waals surface area (Å²) in [4.78, 5) is 4.39. The van der Waals surface area contributed by atoms with Gasteiger partial charge in [-0.2, -0.15) is 0 Å². The number of nitrogens with one attached hydrogen (secondary N) is 1. The fourth-order valence-electron chi connectivity index (χ4n) is 3.00. The van der Waals surface area contributed by atoms with Gasteiger partial charge in [-0.05, 0) is 63.0 Å². The van der Waals surface area contributed by atoms with Crippen LogP contribution in [0.3, 0.4) is 0 Å². The van der Waals surface area contributed by atoms with Gasteiger partial charge in [0.15, 0.2) is 0 Å². The Bertz CT molecular complexity index is 589. The highest BCUT2D eigenvalue weighted by atomic mass is 79.9. The maximum atomic E-state index is 4.39. The highest BCUT2D eigenvalue weighted by Crippen LogP contribution is 2.29. The lowest BCUT2D eigenvalue weighted by Crippen LogP contribution is -2.27. The molecule has 1 fully saturated rings. The smallest absolute Gasteiger partial charge is 0.0994 e. The van der Waals surface area contributed by atoms with Crippen LogP contribution in [0.25, 0.3) is 5.69 Å². The monoisotopic (exact) mass is 333 g/mol. The fourth-order valence-corrected chi connectivity index (χ4v) is 3.23. The molecule has 1 aliphatic rings. The summed E-state index contributed by atoms with van der Waals surface area (Å²) in [5, 5.41) is 3.43. The third-order valence-corrected chi connectivity index (χ3v) is 5.37. The van der Waals surface area contributed by atoms with Gasteiger partial charge in [0.25, 0.3) is 0 Å². The van der Waals surface area contributed by atoms with E-state index in [1.54, 1.807) is 0 Å². The second kappa shape index (κ2) is 5.70. The van der Waals surface area contributed by atoms with Crippen LogP contribution in [-0.2, 0) is 0 Å². The first kappa shape index (κ1) is 13.8. The number of rotatable bonds is 2. The zero-order valence-corrected chi connectivity index (χ0v) is 13.6. The van der Waals surface area contributed by atoms with Gasteiger partial charge in [0.2, 0.25) is 0 Å². The van der Waals surface area contributed by atoms with Gasteiger partial charge >= 0.3 is 0 Å². The standard InChI is InChI=1S/C16H20BrN3/c1-11-7-14(8-12(2)16(11)17)20-10-19-9-15(20)13-3-5-18-6-4-13/h7-10,13,18H,3-6H2,1-2H3. The zero-order valence-electron chi connectivity index (χ0n) is 12.0. The molecule has 0 spiro atoms. The molecule has 0 radical (unpaired) electrons. The van der Waals surface area contributed by atoms with Crippen LogP contribution in [0.1, 0.15) is 35.6 Å². The maximum Gasteiger partial charge on any atom is 0.0994 e. The van der Waals surface area contributed by atoms with Gasteiger partial charge in [-0.25, -0.2) is 4.98 Å². The average molecular weight is 334 g/mol. The molecule has 2 heterocycles. The molecule has 1 N–H and O–H groups in total. The number of halogens is 1. The van der Waals surface area contributed by atoms with Crippen molar-refractivity contribution in [2.24, 2.45) is 0 Å². The molecule has 3 rings (SSSR count). The third-order valence-electron chi connectivity index (χ3n) is 4.12. The SMILES string of the molecule is Cc1cc(-n2cncc2C2CCNCC2)cc(C)c1Br. The molecule has 0 aliphatic carbocycles. The first-order chi connectivity index (χ1) is 9.66. The van der Waals surface area contributed by atoms with Gasteiger partial charge in [0.1, 0.15) is 0 Å². The Labute approximate surface area is 128 Å². The van der Waals surface area contributed by atoms with Crippen LogP contribution in [0.4, 0.5) is 0 Å². The minimum Gasteiger partial charge on any atom is -0.317 e. The summed E-state index contributed by atoms with van der Waals surface area (Å²) in [5.74, 6) is 0.614. The van der Waals surface area contributed by atoms with Crippen molar-refractivity contribution >= 4 is 15.9 Å². The minimum absolute atomic E-state index is 0.614. The lowest BCUT2D eigenvalue weighted by molar-refractivity contribution is 0.449. The Morgan fingerprint density at radius 2 is 1.85 bits per heavy atom. The second-order valence-corrected chi connectivity index (χ2v) is 6.40. The normalized spacial score (nSPS) is 16.6. The minimum atomic E-state index is 0.614. The second-order valence-electron chi connectivity index (χ2n) is 5.61. The van der Waals surface area contributed by atoms with E-state index in [0.29, 0.717) is 5.92 Å². The molecule has 0 atom stereocenters. The van der Waals surface area contributed by atoms with Crippen molar-refractivity contribution < 1.29 is 0 Å². The number of hydrogen-bond acceptors (Lipinski definition) is 2. The van der Waals surface area contributed by atoms with Crippen molar-refractivity contribution in [3.05, 3.63) is 46.0 Å². The average Bonchev–Trinajstić information content (AvgIpc) is 2.94. The number of piperidine rings is 1. The van der Waals surface area contributed by atoms with Crippen molar-refractivity contribution in [2.75, 3.05) is 13.1 Å². The Balaban J connectivity index is 2.00. The van der Waals surface area contributed by atoms with Crippen LogP contribution in [0.15, 0.2) is 29.1 Å². The Morgan fingerprint density at radius 3 is 2.50 bits per heavy atom. The van der Waals surface area contributed by atoms with E-state index >= 15 is 0 Å². The molecule has 0 bridgehead atoms. The molecule has 20 heavy (non-hydrogen) atoms. The summed E-state index contributed by atoms with van der Waals surface area (Å²) in [7, 11) is 0. The number of aromatic nitrogens is 2. The van der Waals surface area contributed by atoms with Gasteiger partial charge < -0.3 is 9.88 Å². The van der Waals surface area contributed by atoms with E-state index in [1.807, 2.05) is 12.5 Å². The highest BCUT2D eigenvalue weighted by molar-refractivity contribution is 9.10. The summed E-state index contributed by atoms with van der Waals surface area (Å²) in [6.45, 7) is 6.49. The van der Waals surface area contributed by atoms with Crippen molar-refractivity contribution in [3.63, 3.8) is 0 Å². The molecule has 0 amide bonds. The molecule has 3 nitrogen and oxygen atoms in total. The fraction of sp³-hybridized carbons (Fsp3) is 0.438. The molecule has 2 aromatic rings. The lowest BCUT2D eigenvalue weighted by Gasteiger charge is -2.24. The molecule has 0 saturated carbocycles. The Kier molecular flexibility index (Phi) is 3.94. The Hall–Kier alpha value is -1.13. The summed E-state index contributed by atoms with van der Waals surface area (Å²) < 4.78 is 3.45. The van der Waals surface area contributed by atoms with Crippen LogP contribution in [0.5, 0.6) is 0 Å². The van der Waals surface area contributed by atoms with E-state index in [-0.39, 0.29) is 0 Å². The molecule has 106 valence electrons. The molecule has 4 heteroatoms. The maximum absolute atomic E-state index is 4.39. The molecule has 0 unspecified atom stereocenters. The number of nitrogens with zero attached hydrogens (tertiary/aromatic N) is 2. The predicted molar refractivity (Wildman–Crippen MR) is 85.6 cm³/mol. The predicted octanol–water partition coefficient (Wildman–Crippen LogP) is 3.72. The molecular formula is C16H20BrN3. The van der Waals surface area contributed by atoms with Crippen molar-refractivity contribution in [1.29, 1.82) is 0 Å². The van der Waals surface area contributed by atoms with E-state index in [1.165, 1.54) is 39.8 Å². The number of hydrogen-bond donors (Lipinski definition) is 1. The van der Waals surface area contributed by atoms with Gasteiger partial charge in [-0.15, -0.1) is 0 Å². The van der Waals surface area contributed by atoms with Gasteiger partial charge in [0, 0.05) is 28.0 Å². The molecule has 1 aromatic heterocycles. The highest BCUT2D eigenvalue weighted by Gasteiger charge is 2.19. The summed E-state index contributed by atoms with van der Waals surface area (Å²) in [5.41, 5.74) is 5.09. The van der Waals surface area contributed by atoms with Crippen LogP contribution in [-0.4, -0.2) is 22.6 Å². The van der Waals surface area contributed by atoms with Gasteiger partial charge in [-0.3, -0.25) is 0 Å². The molecule has 1 aromatic carbocycles. The number of aryl methyl sites for hydroxylation is 2. The van der Waals surface area contributed by atoms with Crippen molar-refractivity contribution in [3.8, 4) is 5.69 Å². The van der Waals surface area contributed by atoms with E-state index < -0.39 is 0 Å². The zero-order chi connectivity index (χ0) is 14.1. The van der Waals surface area contributed by atoms with Crippen LogP contribution in [0, 0.1) is 13.8 Å². The first-order valence-electron chi connectivity index (χ1n) is 7.17. The largest absolute Gasteiger partial charge is 0.317 e. The summed E-state index contributed by atoms with van der Waals surface area (Å²) in [6.07, 6.45) is 6.36. The van der Waals surface area contributed by atoms with E-state index in [0.717, 1.165) is 13.1 Å². The van der Waals surface area contributed by atoms with E-state index in [9.17, 15) is 0 Å². The van der Waals surface area contributed by atoms with Crippen LogP contribution >= 0.6 is 15.9 Å². The van der Waals surface area contributed by atoms with Crippen LogP contribution in [0.2, 0.25) is 0 Å². The van der Waals surface area contributed by atoms with E-state index in [2.05, 4.69) is 56.8 Å². The number of benzene rings is 1. The van der Waals surface area contributed by atoms with Crippen LogP contribution < -0.4 is 5.32 Å². The quantitative estimate of drug-likeness (QED) is 0.907. The third kappa shape index (κ3) is 2.54. The topological polar surface area (TPSA) is 29.9 Å². The lowest BCUT2D eigenvalue weighted by atomic mass is 9.95. The van der Waals surface area contributed by atoms with Gasteiger partial charge in [0.05, 0.1) is 6.33 Å². The number of imidazole rings is 1. The van der Waals surface area contributed by atoms with Crippen molar-refractivity contribution in [2.45, 2.75) is 32.6 Å². The summed E-state index contributed by atoms with van der Waals surface area (Å²) in [6, 6.07) is 4.45. The van der Waals surface area contributed by atoms with Crippen molar-refractivity contribution in [1.82, 2.24) is 14.9 Å². The Morgan fingerprint density at radius 1 is 1.20 bits per heavy atom. The van der Waals surface area contributed by atoms with E-state index in [4.69, 9.17) is 0 Å². The molecule has 1 saturated heterocycles. The summed E-state index contributed by atoms with van der Waals surface area (Å²) >= 11 is 3.64.